The summed E-state index contributed by atoms with van der Waals surface area (Å²) in [7, 11) is 0. The number of hydrogen-bond acceptors (Lipinski definition) is 2. The molecule has 0 spiro atoms. The molecule has 0 atom stereocenters. The molecular weight excluding hydrogens is 637 g/mol. The van der Waals surface area contributed by atoms with Crippen molar-refractivity contribution in [2.24, 2.45) is 0 Å². The summed E-state index contributed by atoms with van der Waals surface area (Å²) in [6, 6.07) is 70.4. The van der Waals surface area contributed by atoms with E-state index in [2.05, 4.69) is 204 Å². The van der Waals surface area contributed by atoms with Crippen molar-refractivity contribution in [3.63, 3.8) is 0 Å². The molecule has 2 aromatic heterocycles. The van der Waals surface area contributed by atoms with Gasteiger partial charge < -0.3 is 9.47 Å². The number of aromatic nitrogens is 1. The molecule has 0 aliphatic rings. The Kier molecular flexibility index (Phi) is 7.04. The van der Waals surface area contributed by atoms with E-state index in [1.807, 2.05) is 11.3 Å². The van der Waals surface area contributed by atoms with Crippen LogP contribution in [0.3, 0.4) is 0 Å². The van der Waals surface area contributed by atoms with E-state index in [1.165, 1.54) is 64.2 Å². The highest BCUT2D eigenvalue weighted by Crippen LogP contribution is 2.48. The molecule has 0 bridgehead atoms. The Morgan fingerprint density at radius 1 is 0.412 bits per heavy atom. The number of rotatable bonds is 6. The lowest BCUT2D eigenvalue weighted by Gasteiger charge is -2.27. The average Bonchev–Trinajstić information content (AvgIpc) is 3.76. The first-order chi connectivity index (χ1) is 25.3. The number of fused-ring (bicyclic) bond motifs is 6. The second-order valence-electron chi connectivity index (χ2n) is 12.9. The van der Waals surface area contributed by atoms with Crippen LogP contribution in [0.2, 0.25) is 0 Å². The molecule has 0 aliphatic heterocycles. The molecule has 0 saturated carbocycles. The third-order valence-corrected chi connectivity index (χ3v) is 11.1. The first kappa shape index (κ1) is 29.5. The van der Waals surface area contributed by atoms with E-state index in [9.17, 15) is 0 Å². The largest absolute Gasteiger partial charge is 0.310 e. The highest BCUT2D eigenvalue weighted by Gasteiger charge is 2.24. The van der Waals surface area contributed by atoms with Crippen LogP contribution in [0.5, 0.6) is 0 Å². The van der Waals surface area contributed by atoms with Crippen LogP contribution >= 0.6 is 11.3 Å². The number of thiophene rings is 1. The number of benzene rings is 8. The topological polar surface area (TPSA) is 8.17 Å². The summed E-state index contributed by atoms with van der Waals surface area (Å²) >= 11 is 1.86. The maximum Gasteiger partial charge on any atom is 0.0640 e. The molecule has 0 aliphatic carbocycles. The monoisotopic (exact) mass is 668 g/mol. The summed E-state index contributed by atoms with van der Waals surface area (Å²) < 4.78 is 5.09. The minimum absolute atomic E-state index is 1.11. The fraction of sp³-hybridized carbons (Fsp3) is 0. The maximum atomic E-state index is 2.46. The van der Waals surface area contributed by atoms with Gasteiger partial charge in [0.1, 0.15) is 0 Å². The van der Waals surface area contributed by atoms with Crippen LogP contribution in [0.25, 0.3) is 69.9 Å². The van der Waals surface area contributed by atoms with Crippen molar-refractivity contribution in [3.05, 3.63) is 194 Å². The van der Waals surface area contributed by atoms with E-state index in [0.717, 1.165) is 22.7 Å². The van der Waals surface area contributed by atoms with Gasteiger partial charge in [-0.05, 0) is 83.4 Å². The molecule has 2 heterocycles. The zero-order valence-corrected chi connectivity index (χ0v) is 28.6. The van der Waals surface area contributed by atoms with E-state index in [-0.39, 0.29) is 0 Å². The van der Waals surface area contributed by atoms with Gasteiger partial charge in [0.15, 0.2) is 0 Å². The quantitative estimate of drug-likeness (QED) is 0.171. The van der Waals surface area contributed by atoms with Gasteiger partial charge >= 0.3 is 0 Å². The summed E-state index contributed by atoms with van der Waals surface area (Å²) in [4.78, 5) is 2.41. The third kappa shape index (κ3) is 4.93. The molecule has 10 aromatic rings. The predicted molar refractivity (Wildman–Crippen MR) is 219 cm³/mol. The number of para-hydroxylation sites is 3. The molecule has 0 amide bonds. The fourth-order valence-electron chi connectivity index (χ4n) is 7.67. The predicted octanol–water partition coefficient (Wildman–Crippen LogP) is 14.0. The Balaban J connectivity index is 1.28. The van der Waals surface area contributed by atoms with Gasteiger partial charge in [0.25, 0.3) is 0 Å². The van der Waals surface area contributed by atoms with Crippen molar-refractivity contribution in [2.75, 3.05) is 4.90 Å². The van der Waals surface area contributed by atoms with Gasteiger partial charge in [-0.2, -0.15) is 0 Å². The van der Waals surface area contributed by atoms with Crippen LogP contribution in [-0.2, 0) is 0 Å². The van der Waals surface area contributed by atoms with Gasteiger partial charge in [0, 0.05) is 53.6 Å². The molecule has 0 unspecified atom stereocenters. The molecule has 8 aromatic carbocycles. The number of anilines is 3. The average molecular weight is 669 g/mol. The Hall–Kier alpha value is -6.42. The molecule has 10 rings (SSSR count). The van der Waals surface area contributed by atoms with Crippen molar-refractivity contribution in [3.8, 4) is 27.9 Å². The molecule has 51 heavy (non-hydrogen) atoms. The summed E-state index contributed by atoms with van der Waals surface area (Å²) in [6.45, 7) is 0. The summed E-state index contributed by atoms with van der Waals surface area (Å²) in [5.74, 6) is 0. The Morgan fingerprint density at radius 3 is 1.78 bits per heavy atom. The lowest BCUT2D eigenvalue weighted by Crippen LogP contribution is -2.10. The molecule has 0 N–H and O–H groups in total. The van der Waals surface area contributed by atoms with Crippen molar-refractivity contribution >= 4 is 70.4 Å². The second-order valence-corrected chi connectivity index (χ2v) is 14.0. The Morgan fingerprint density at radius 2 is 1.00 bits per heavy atom. The highest BCUT2D eigenvalue weighted by molar-refractivity contribution is 7.25. The molecule has 0 fully saturated rings. The van der Waals surface area contributed by atoms with Gasteiger partial charge in [0.2, 0.25) is 0 Å². The number of nitrogens with zero attached hydrogens (tertiary/aromatic N) is 2. The zero-order chi connectivity index (χ0) is 33.7. The number of hydrogen-bond donors (Lipinski definition) is 0. The lowest BCUT2D eigenvalue weighted by molar-refractivity contribution is 1.18. The molecule has 0 saturated heterocycles. The first-order valence-corrected chi connectivity index (χ1v) is 18.2. The van der Waals surface area contributed by atoms with E-state index in [0.29, 0.717) is 0 Å². The molecule has 2 nitrogen and oxygen atoms in total. The molecule has 3 heteroatoms. The van der Waals surface area contributed by atoms with Crippen molar-refractivity contribution in [1.82, 2.24) is 4.57 Å². The van der Waals surface area contributed by atoms with E-state index < -0.39 is 0 Å². The Labute approximate surface area is 300 Å². The van der Waals surface area contributed by atoms with E-state index in [4.69, 9.17) is 0 Å². The third-order valence-electron chi connectivity index (χ3n) is 9.98. The minimum Gasteiger partial charge on any atom is -0.310 e. The van der Waals surface area contributed by atoms with Crippen LogP contribution in [0.4, 0.5) is 17.1 Å². The first-order valence-electron chi connectivity index (χ1n) is 17.4. The zero-order valence-electron chi connectivity index (χ0n) is 27.8. The summed E-state index contributed by atoms with van der Waals surface area (Å²) in [5, 5.41) is 5.05. The summed E-state index contributed by atoms with van der Waals surface area (Å²) in [5.41, 5.74) is 11.7. The van der Waals surface area contributed by atoms with Gasteiger partial charge in [0.05, 0.1) is 16.7 Å². The van der Waals surface area contributed by atoms with Gasteiger partial charge in [-0.1, -0.05) is 127 Å². The van der Waals surface area contributed by atoms with Crippen LogP contribution in [-0.4, -0.2) is 4.57 Å². The second kappa shape index (κ2) is 12.2. The van der Waals surface area contributed by atoms with Gasteiger partial charge in [-0.25, -0.2) is 0 Å². The molecule has 240 valence electrons. The minimum atomic E-state index is 1.11. The molecule has 0 radical (unpaired) electrons. The van der Waals surface area contributed by atoms with Gasteiger partial charge in [-0.15, -0.1) is 11.3 Å². The summed E-state index contributed by atoms with van der Waals surface area (Å²) in [6.07, 6.45) is 0. The Bertz CT molecular complexity index is 2830. The maximum absolute atomic E-state index is 2.46. The van der Waals surface area contributed by atoms with Gasteiger partial charge in [-0.3, -0.25) is 0 Å². The van der Waals surface area contributed by atoms with Crippen LogP contribution in [0.15, 0.2) is 194 Å². The van der Waals surface area contributed by atoms with E-state index in [1.54, 1.807) is 0 Å². The molecular formula is C48H32N2S. The van der Waals surface area contributed by atoms with Crippen LogP contribution in [0.1, 0.15) is 0 Å². The van der Waals surface area contributed by atoms with Crippen molar-refractivity contribution in [1.29, 1.82) is 0 Å². The SMILES string of the molecule is c1ccc(-c2ccc(N(c3ccccc3)c3ccc(-c4ccc5sc6ccccc6c5c4)c4c3c3ccccc3n4-c3ccccc3)cc2)cc1. The van der Waals surface area contributed by atoms with Crippen LogP contribution in [0, 0.1) is 0 Å². The standard InChI is InChI=1S/C48H32N2S/c1-4-14-33(15-5-1)34-24-27-38(28-25-34)49(36-16-6-2-7-17-36)44-30-29-39(35-26-31-46-42(32-35)40-20-11-13-23-45(40)51-46)48-47(44)41-21-10-12-22-43(41)50(48)37-18-8-3-9-19-37/h1-32H. The lowest BCUT2D eigenvalue weighted by atomic mass is 9.98. The fourth-order valence-corrected chi connectivity index (χ4v) is 8.76. The van der Waals surface area contributed by atoms with Crippen LogP contribution < -0.4 is 4.90 Å². The highest BCUT2D eigenvalue weighted by atomic mass is 32.1. The van der Waals surface area contributed by atoms with Crippen molar-refractivity contribution in [2.45, 2.75) is 0 Å². The van der Waals surface area contributed by atoms with Crippen molar-refractivity contribution < 1.29 is 0 Å². The van der Waals surface area contributed by atoms with E-state index >= 15 is 0 Å². The normalized spacial score (nSPS) is 11.5. The smallest absolute Gasteiger partial charge is 0.0640 e.